The number of carboxylic acid groups (broad SMARTS) is 1. The Morgan fingerprint density at radius 1 is 1.00 bits per heavy atom. The number of unbranched alkanes of at least 4 members (excludes halogenated alkanes) is 6. The van der Waals surface area contributed by atoms with Crippen LogP contribution in [0.1, 0.15) is 58.3 Å². The van der Waals surface area contributed by atoms with E-state index in [-0.39, 0.29) is 0 Å². The number of hydrogen-bond donors (Lipinski definition) is 1. The van der Waals surface area contributed by atoms with Crippen LogP contribution in [0.15, 0.2) is 0 Å². The van der Waals surface area contributed by atoms with Gasteiger partial charge in [0.05, 0.1) is 0 Å². The normalized spacial score (nSPS) is 8.79. The SMILES string of the molecule is C#C.CCCCCCCCCC(=O)O. The molecule has 0 radical (unpaired) electrons. The van der Waals surface area contributed by atoms with Crippen LogP contribution in [0.3, 0.4) is 0 Å². The molecule has 0 aromatic heterocycles. The highest BCUT2D eigenvalue weighted by Gasteiger charge is 1.95. The van der Waals surface area contributed by atoms with Gasteiger partial charge in [0.25, 0.3) is 0 Å². The fourth-order valence-electron chi connectivity index (χ4n) is 1.23. The van der Waals surface area contributed by atoms with E-state index in [1.165, 1.54) is 32.1 Å². The molecule has 0 saturated heterocycles. The summed E-state index contributed by atoms with van der Waals surface area (Å²) in [4.78, 5) is 10.1. The monoisotopic (exact) mass is 198 g/mol. The second kappa shape index (κ2) is 14.5. The van der Waals surface area contributed by atoms with Crippen molar-refractivity contribution in [2.24, 2.45) is 0 Å². The maximum Gasteiger partial charge on any atom is 0.303 e. The van der Waals surface area contributed by atoms with Gasteiger partial charge in [0, 0.05) is 6.42 Å². The van der Waals surface area contributed by atoms with Crippen LogP contribution >= 0.6 is 0 Å². The van der Waals surface area contributed by atoms with Crippen LogP contribution in [0.25, 0.3) is 0 Å². The summed E-state index contributed by atoms with van der Waals surface area (Å²) in [5, 5.41) is 8.35. The maximum absolute atomic E-state index is 10.1. The van der Waals surface area contributed by atoms with Crippen LogP contribution in [0.4, 0.5) is 0 Å². The van der Waals surface area contributed by atoms with Gasteiger partial charge >= 0.3 is 5.97 Å². The molecule has 2 nitrogen and oxygen atoms in total. The quantitative estimate of drug-likeness (QED) is 0.479. The second-order valence-corrected chi connectivity index (χ2v) is 3.27. The van der Waals surface area contributed by atoms with Crippen LogP contribution in [0.5, 0.6) is 0 Å². The van der Waals surface area contributed by atoms with E-state index < -0.39 is 5.97 Å². The van der Waals surface area contributed by atoms with Gasteiger partial charge in [-0.3, -0.25) is 4.79 Å². The third kappa shape index (κ3) is 17.2. The Balaban J connectivity index is 0. The Kier molecular flexibility index (Phi) is 16.1. The molecule has 82 valence electrons. The second-order valence-electron chi connectivity index (χ2n) is 3.27. The minimum absolute atomic E-state index is 0.341. The number of aliphatic carboxylic acids is 1. The van der Waals surface area contributed by atoms with E-state index in [0.29, 0.717) is 6.42 Å². The molecule has 0 atom stereocenters. The largest absolute Gasteiger partial charge is 0.481 e. The molecular weight excluding hydrogens is 176 g/mol. The van der Waals surface area contributed by atoms with Crippen molar-refractivity contribution in [1.82, 2.24) is 0 Å². The van der Waals surface area contributed by atoms with Crippen LogP contribution in [-0.4, -0.2) is 11.1 Å². The molecule has 0 aliphatic carbocycles. The molecule has 0 aromatic rings. The summed E-state index contributed by atoms with van der Waals surface area (Å²) in [6, 6.07) is 0. The first-order valence-corrected chi connectivity index (χ1v) is 5.32. The van der Waals surface area contributed by atoms with E-state index in [9.17, 15) is 4.79 Å². The number of carbonyl (C=O) groups is 1. The van der Waals surface area contributed by atoms with Crippen molar-refractivity contribution < 1.29 is 9.90 Å². The highest BCUT2D eigenvalue weighted by atomic mass is 16.4. The van der Waals surface area contributed by atoms with Gasteiger partial charge in [0.15, 0.2) is 0 Å². The molecular formula is C12H22O2. The zero-order chi connectivity index (χ0) is 11.2. The van der Waals surface area contributed by atoms with E-state index in [4.69, 9.17) is 5.11 Å². The first-order valence-electron chi connectivity index (χ1n) is 5.32. The van der Waals surface area contributed by atoms with Gasteiger partial charge in [-0.05, 0) is 6.42 Å². The van der Waals surface area contributed by atoms with Crippen LogP contribution in [0, 0.1) is 12.8 Å². The summed E-state index contributed by atoms with van der Waals surface area (Å²) in [6.07, 6.45) is 16.6. The molecule has 0 fully saturated rings. The molecule has 0 saturated carbocycles. The van der Waals surface area contributed by atoms with Crippen molar-refractivity contribution in [2.45, 2.75) is 58.3 Å². The van der Waals surface area contributed by atoms with E-state index in [2.05, 4.69) is 19.8 Å². The Morgan fingerprint density at radius 3 is 1.86 bits per heavy atom. The topological polar surface area (TPSA) is 37.3 Å². The zero-order valence-corrected chi connectivity index (χ0v) is 9.17. The van der Waals surface area contributed by atoms with E-state index in [1.54, 1.807) is 0 Å². The molecule has 0 aliphatic rings. The Labute approximate surface area is 87.7 Å². The lowest BCUT2D eigenvalue weighted by Crippen LogP contribution is -1.93. The minimum Gasteiger partial charge on any atom is -0.481 e. The third-order valence-corrected chi connectivity index (χ3v) is 1.99. The standard InChI is InChI=1S/C10H20O2.C2H2/c1-2-3-4-5-6-7-8-9-10(11)12;1-2/h2-9H2,1H3,(H,11,12);1-2H. The molecule has 0 heterocycles. The van der Waals surface area contributed by atoms with Gasteiger partial charge in [-0.15, -0.1) is 12.8 Å². The molecule has 0 rings (SSSR count). The lowest BCUT2D eigenvalue weighted by atomic mass is 10.1. The van der Waals surface area contributed by atoms with Crippen molar-refractivity contribution in [3.8, 4) is 12.8 Å². The highest BCUT2D eigenvalue weighted by molar-refractivity contribution is 5.66. The van der Waals surface area contributed by atoms with Gasteiger partial charge < -0.3 is 5.11 Å². The molecule has 14 heavy (non-hydrogen) atoms. The smallest absolute Gasteiger partial charge is 0.303 e. The van der Waals surface area contributed by atoms with Gasteiger partial charge in [-0.1, -0.05) is 45.4 Å². The number of carboxylic acids is 1. The summed E-state index contributed by atoms with van der Waals surface area (Å²) in [5.41, 5.74) is 0. The van der Waals surface area contributed by atoms with E-state index in [1.807, 2.05) is 0 Å². The van der Waals surface area contributed by atoms with Gasteiger partial charge in [0.2, 0.25) is 0 Å². The van der Waals surface area contributed by atoms with Crippen molar-refractivity contribution >= 4 is 5.97 Å². The Hall–Kier alpha value is -0.970. The van der Waals surface area contributed by atoms with Crippen LogP contribution in [-0.2, 0) is 4.79 Å². The Morgan fingerprint density at radius 2 is 1.43 bits per heavy atom. The van der Waals surface area contributed by atoms with Gasteiger partial charge in [-0.2, -0.15) is 0 Å². The molecule has 0 spiro atoms. The number of terminal acetylenes is 1. The molecule has 0 aromatic carbocycles. The fraction of sp³-hybridized carbons (Fsp3) is 0.750. The summed E-state index contributed by atoms with van der Waals surface area (Å²) in [5.74, 6) is -0.663. The number of hydrogen-bond acceptors (Lipinski definition) is 1. The maximum atomic E-state index is 10.1. The number of rotatable bonds is 8. The predicted octanol–water partition coefficient (Wildman–Crippen LogP) is 3.46. The summed E-state index contributed by atoms with van der Waals surface area (Å²) >= 11 is 0. The van der Waals surface area contributed by atoms with Crippen molar-refractivity contribution in [3.63, 3.8) is 0 Å². The van der Waals surface area contributed by atoms with Crippen molar-refractivity contribution in [1.29, 1.82) is 0 Å². The average molecular weight is 198 g/mol. The van der Waals surface area contributed by atoms with Gasteiger partial charge in [-0.25, -0.2) is 0 Å². The fourth-order valence-corrected chi connectivity index (χ4v) is 1.23. The first kappa shape index (κ1) is 15.5. The van der Waals surface area contributed by atoms with Crippen molar-refractivity contribution in [3.05, 3.63) is 0 Å². The van der Waals surface area contributed by atoms with Crippen LogP contribution < -0.4 is 0 Å². The zero-order valence-electron chi connectivity index (χ0n) is 9.17. The molecule has 1 N–H and O–H groups in total. The van der Waals surface area contributed by atoms with Crippen LogP contribution in [0.2, 0.25) is 0 Å². The molecule has 0 amide bonds. The third-order valence-electron chi connectivity index (χ3n) is 1.99. The predicted molar refractivity (Wildman–Crippen MR) is 60.1 cm³/mol. The molecule has 0 aliphatic heterocycles. The summed E-state index contributed by atoms with van der Waals surface area (Å²) < 4.78 is 0. The molecule has 0 unspecified atom stereocenters. The average Bonchev–Trinajstić information content (AvgIpc) is 2.19. The Bertz CT molecular complexity index is 139. The van der Waals surface area contributed by atoms with Gasteiger partial charge in [0.1, 0.15) is 0 Å². The first-order chi connectivity index (χ1) is 6.77. The lowest BCUT2D eigenvalue weighted by Gasteiger charge is -1.98. The van der Waals surface area contributed by atoms with Crippen molar-refractivity contribution in [2.75, 3.05) is 0 Å². The van der Waals surface area contributed by atoms with E-state index in [0.717, 1.165) is 12.8 Å². The highest BCUT2D eigenvalue weighted by Crippen LogP contribution is 2.07. The molecule has 2 heteroatoms. The molecule has 0 bridgehead atoms. The lowest BCUT2D eigenvalue weighted by molar-refractivity contribution is -0.137. The van der Waals surface area contributed by atoms with E-state index >= 15 is 0 Å². The summed E-state index contributed by atoms with van der Waals surface area (Å²) in [6.45, 7) is 2.20. The minimum atomic E-state index is -0.663. The summed E-state index contributed by atoms with van der Waals surface area (Å²) in [7, 11) is 0.